The van der Waals surface area contributed by atoms with Crippen LogP contribution in [0.3, 0.4) is 0 Å². The average molecular weight is 227 g/mol. The highest BCUT2D eigenvalue weighted by Crippen LogP contribution is 2.24. The number of amides is 1. The lowest BCUT2D eigenvalue weighted by Crippen LogP contribution is -2.37. The SMILES string of the molecule is CC(=O)N1C[C@@H](O)C[C@@H]1COC1CCCC1. The summed E-state index contributed by atoms with van der Waals surface area (Å²) in [5, 5.41) is 9.56. The average Bonchev–Trinajstić information content (AvgIpc) is 2.83. The van der Waals surface area contributed by atoms with Crippen molar-refractivity contribution in [3.8, 4) is 0 Å². The number of β-amino-alcohol motifs (C(OH)–C–C–N with tert-alkyl or cyclic N) is 1. The molecular weight excluding hydrogens is 206 g/mol. The van der Waals surface area contributed by atoms with Gasteiger partial charge in [0.1, 0.15) is 0 Å². The van der Waals surface area contributed by atoms with Crippen molar-refractivity contribution in [3.63, 3.8) is 0 Å². The summed E-state index contributed by atoms with van der Waals surface area (Å²) in [5.74, 6) is 0.0385. The number of carbonyl (C=O) groups excluding carboxylic acids is 1. The molecule has 0 unspecified atom stereocenters. The van der Waals surface area contributed by atoms with E-state index in [1.165, 1.54) is 12.8 Å². The van der Waals surface area contributed by atoms with Gasteiger partial charge in [-0.2, -0.15) is 0 Å². The summed E-state index contributed by atoms with van der Waals surface area (Å²) in [6.45, 7) is 2.61. The molecule has 16 heavy (non-hydrogen) atoms. The quantitative estimate of drug-likeness (QED) is 0.780. The van der Waals surface area contributed by atoms with Gasteiger partial charge in [-0.3, -0.25) is 4.79 Å². The lowest BCUT2D eigenvalue weighted by molar-refractivity contribution is -0.131. The van der Waals surface area contributed by atoms with Crippen LogP contribution in [-0.4, -0.2) is 47.3 Å². The summed E-state index contributed by atoms with van der Waals surface area (Å²) in [5.41, 5.74) is 0. The van der Waals surface area contributed by atoms with Gasteiger partial charge >= 0.3 is 0 Å². The van der Waals surface area contributed by atoms with E-state index in [2.05, 4.69) is 0 Å². The van der Waals surface area contributed by atoms with Crippen LogP contribution in [0.5, 0.6) is 0 Å². The highest BCUT2D eigenvalue weighted by Gasteiger charge is 2.33. The zero-order chi connectivity index (χ0) is 11.5. The van der Waals surface area contributed by atoms with Gasteiger partial charge in [0.2, 0.25) is 5.91 Å². The molecule has 2 aliphatic rings. The Morgan fingerprint density at radius 3 is 2.75 bits per heavy atom. The summed E-state index contributed by atoms with van der Waals surface area (Å²) < 4.78 is 5.81. The number of rotatable bonds is 3. The van der Waals surface area contributed by atoms with Crippen molar-refractivity contribution in [3.05, 3.63) is 0 Å². The van der Waals surface area contributed by atoms with Gasteiger partial charge in [-0.1, -0.05) is 12.8 Å². The third-order valence-corrected chi connectivity index (χ3v) is 3.62. The minimum atomic E-state index is -0.374. The molecule has 1 heterocycles. The van der Waals surface area contributed by atoms with Gasteiger partial charge in [-0.15, -0.1) is 0 Å². The van der Waals surface area contributed by atoms with E-state index in [4.69, 9.17) is 4.74 Å². The predicted molar refractivity (Wildman–Crippen MR) is 60.0 cm³/mol. The molecular formula is C12H21NO3. The van der Waals surface area contributed by atoms with Crippen molar-refractivity contribution in [2.75, 3.05) is 13.2 Å². The maximum Gasteiger partial charge on any atom is 0.219 e. The van der Waals surface area contributed by atoms with Gasteiger partial charge in [0.15, 0.2) is 0 Å². The van der Waals surface area contributed by atoms with Crippen molar-refractivity contribution in [1.29, 1.82) is 0 Å². The Morgan fingerprint density at radius 1 is 1.44 bits per heavy atom. The Morgan fingerprint density at radius 2 is 2.12 bits per heavy atom. The molecule has 1 N–H and O–H groups in total. The molecule has 0 aromatic rings. The second kappa shape index (κ2) is 5.15. The molecule has 0 aromatic heterocycles. The standard InChI is InChI=1S/C12H21NO3/c1-9(14)13-7-11(15)6-10(13)8-16-12-4-2-3-5-12/h10-12,15H,2-8H2,1H3/t10-,11+/m1/s1. The van der Waals surface area contributed by atoms with E-state index >= 15 is 0 Å². The van der Waals surface area contributed by atoms with E-state index in [0.717, 1.165) is 12.8 Å². The molecule has 4 heteroatoms. The molecule has 1 saturated heterocycles. The summed E-state index contributed by atoms with van der Waals surface area (Å²) in [7, 11) is 0. The van der Waals surface area contributed by atoms with Crippen molar-refractivity contribution in [1.82, 2.24) is 4.90 Å². The predicted octanol–water partition coefficient (Wildman–Crippen LogP) is 0.927. The first-order chi connectivity index (χ1) is 7.66. The Labute approximate surface area is 96.6 Å². The van der Waals surface area contributed by atoms with E-state index in [-0.39, 0.29) is 18.1 Å². The first-order valence-electron chi connectivity index (χ1n) is 6.23. The maximum atomic E-state index is 11.4. The number of aliphatic hydroxyl groups is 1. The van der Waals surface area contributed by atoms with Crippen LogP contribution in [0.4, 0.5) is 0 Å². The Balaban J connectivity index is 1.80. The van der Waals surface area contributed by atoms with Crippen LogP contribution in [0.25, 0.3) is 0 Å². The molecule has 0 radical (unpaired) electrons. The molecule has 2 atom stereocenters. The summed E-state index contributed by atoms with van der Waals surface area (Å²) >= 11 is 0. The second-order valence-corrected chi connectivity index (χ2v) is 4.95. The van der Waals surface area contributed by atoms with Crippen LogP contribution in [-0.2, 0) is 9.53 Å². The summed E-state index contributed by atoms with van der Waals surface area (Å²) in [6.07, 6.45) is 5.48. The monoisotopic (exact) mass is 227 g/mol. The fraction of sp³-hybridized carbons (Fsp3) is 0.917. The molecule has 0 spiro atoms. The second-order valence-electron chi connectivity index (χ2n) is 4.95. The zero-order valence-corrected chi connectivity index (χ0v) is 9.89. The number of ether oxygens (including phenoxy) is 1. The highest BCUT2D eigenvalue weighted by atomic mass is 16.5. The van der Waals surface area contributed by atoms with Crippen LogP contribution in [0.2, 0.25) is 0 Å². The molecule has 1 aliphatic heterocycles. The molecule has 1 saturated carbocycles. The van der Waals surface area contributed by atoms with Crippen LogP contribution in [0, 0.1) is 0 Å². The first-order valence-corrected chi connectivity index (χ1v) is 6.23. The van der Waals surface area contributed by atoms with E-state index in [9.17, 15) is 9.90 Å². The highest BCUT2D eigenvalue weighted by molar-refractivity contribution is 5.74. The number of hydrogen-bond acceptors (Lipinski definition) is 3. The van der Waals surface area contributed by atoms with Crippen LogP contribution in [0.1, 0.15) is 39.0 Å². The molecule has 0 bridgehead atoms. The largest absolute Gasteiger partial charge is 0.391 e. The van der Waals surface area contributed by atoms with Gasteiger partial charge in [-0.05, 0) is 19.3 Å². The summed E-state index contributed by atoms with van der Waals surface area (Å²) in [6, 6.07) is 0.0769. The van der Waals surface area contributed by atoms with Gasteiger partial charge in [0.25, 0.3) is 0 Å². The van der Waals surface area contributed by atoms with Gasteiger partial charge in [0, 0.05) is 13.5 Å². The Kier molecular flexibility index (Phi) is 3.82. The van der Waals surface area contributed by atoms with Gasteiger partial charge in [-0.25, -0.2) is 0 Å². The summed E-state index contributed by atoms with van der Waals surface area (Å²) in [4.78, 5) is 13.1. The minimum Gasteiger partial charge on any atom is -0.391 e. The van der Waals surface area contributed by atoms with Crippen molar-refractivity contribution >= 4 is 5.91 Å². The van der Waals surface area contributed by atoms with Crippen molar-refractivity contribution in [2.24, 2.45) is 0 Å². The Hall–Kier alpha value is -0.610. The van der Waals surface area contributed by atoms with Crippen LogP contribution < -0.4 is 0 Å². The molecule has 0 aromatic carbocycles. The molecule has 4 nitrogen and oxygen atoms in total. The van der Waals surface area contributed by atoms with E-state index in [0.29, 0.717) is 25.7 Å². The topological polar surface area (TPSA) is 49.8 Å². The third kappa shape index (κ3) is 2.74. The van der Waals surface area contributed by atoms with Gasteiger partial charge in [0.05, 0.1) is 24.9 Å². The van der Waals surface area contributed by atoms with E-state index in [1.54, 1.807) is 11.8 Å². The normalized spacial score (nSPS) is 31.2. The third-order valence-electron chi connectivity index (χ3n) is 3.62. The smallest absolute Gasteiger partial charge is 0.219 e. The van der Waals surface area contributed by atoms with Crippen LogP contribution >= 0.6 is 0 Å². The molecule has 2 fully saturated rings. The molecule has 2 rings (SSSR count). The molecule has 92 valence electrons. The number of carbonyl (C=O) groups is 1. The lowest BCUT2D eigenvalue weighted by Gasteiger charge is -2.24. The number of aliphatic hydroxyl groups excluding tert-OH is 1. The van der Waals surface area contributed by atoms with Gasteiger partial charge < -0.3 is 14.7 Å². The fourth-order valence-electron chi connectivity index (χ4n) is 2.74. The Bertz CT molecular complexity index is 251. The van der Waals surface area contributed by atoms with E-state index < -0.39 is 0 Å². The minimum absolute atomic E-state index is 0.0385. The maximum absolute atomic E-state index is 11.4. The number of likely N-dealkylation sites (tertiary alicyclic amines) is 1. The molecule has 1 amide bonds. The zero-order valence-electron chi connectivity index (χ0n) is 9.89. The molecule has 1 aliphatic carbocycles. The number of nitrogens with zero attached hydrogens (tertiary/aromatic N) is 1. The van der Waals surface area contributed by atoms with Crippen molar-refractivity contribution in [2.45, 2.75) is 57.3 Å². The van der Waals surface area contributed by atoms with Crippen LogP contribution in [0.15, 0.2) is 0 Å². The van der Waals surface area contributed by atoms with Crippen molar-refractivity contribution < 1.29 is 14.6 Å². The number of hydrogen-bond donors (Lipinski definition) is 1. The van der Waals surface area contributed by atoms with E-state index in [1.807, 2.05) is 0 Å². The fourth-order valence-corrected chi connectivity index (χ4v) is 2.74. The first kappa shape index (κ1) is 11.9. The lowest BCUT2D eigenvalue weighted by atomic mass is 10.2.